The van der Waals surface area contributed by atoms with Gasteiger partial charge in [-0.25, -0.2) is 0 Å². The summed E-state index contributed by atoms with van der Waals surface area (Å²) in [5.74, 6) is 0. The summed E-state index contributed by atoms with van der Waals surface area (Å²) in [5.41, 5.74) is 4.74. The van der Waals surface area contributed by atoms with Gasteiger partial charge in [-0.3, -0.25) is 0 Å². The monoisotopic (exact) mass is 351 g/mol. The number of halogens is 1. The van der Waals surface area contributed by atoms with Gasteiger partial charge < -0.3 is 4.90 Å². The molecule has 0 unspecified atom stereocenters. The van der Waals surface area contributed by atoms with E-state index in [1.807, 2.05) is 12.1 Å². The molecule has 0 aliphatic rings. The number of hydrogen-bond acceptors (Lipinski definition) is 1. The standard InChI is InChI=1S/C22H24ClN2/c1-4-25(5-2)21-13-7-17(8-14-21)6-12-20-15-10-18-9-11-19(23)16-22(18)24(20)3/h6-16H,4-5H2,1-3H3/q+1. The lowest BCUT2D eigenvalue weighted by molar-refractivity contribution is -0.646. The molecule has 128 valence electrons. The first-order valence-corrected chi connectivity index (χ1v) is 9.11. The molecule has 0 radical (unpaired) electrons. The average molecular weight is 352 g/mol. The Balaban J connectivity index is 1.87. The Bertz CT molecular complexity index is 894. The van der Waals surface area contributed by atoms with E-state index in [0.717, 1.165) is 29.3 Å². The predicted octanol–water partition coefficient (Wildman–Crippen LogP) is 5.33. The van der Waals surface area contributed by atoms with Crippen LogP contribution in [0.3, 0.4) is 0 Å². The van der Waals surface area contributed by atoms with Crippen molar-refractivity contribution in [1.82, 2.24) is 0 Å². The van der Waals surface area contributed by atoms with Gasteiger partial charge in [-0.2, -0.15) is 4.57 Å². The van der Waals surface area contributed by atoms with Gasteiger partial charge in [0.05, 0.1) is 0 Å². The average Bonchev–Trinajstić information content (AvgIpc) is 2.64. The van der Waals surface area contributed by atoms with Crippen molar-refractivity contribution in [3.63, 3.8) is 0 Å². The van der Waals surface area contributed by atoms with E-state index < -0.39 is 0 Å². The lowest BCUT2D eigenvalue weighted by Crippen LogP contribution is -2.32. The van der Waals surface area contributed by atoms with Gasteiger partial charge in [0.15, 0.2) is 0 Å². The summed E-state index contributed by atoms with van der Waals surface area (Å²) in [6, 6.07) is 19.0. The van der Waals surface area contributed by atoms with Crippen LogP contribution in [-0.4, -0.2) is 13.1 Å². The maximum atomic E-state index is 6.14. The number of pyridine rings is 1. The van der Waals surface area contributed by atoms with Crippen LogP contribution in [0.15, 0.2) is 54.6 Å². The molecule has 1 aromatic heterocycles. The van der Waals surface area contributed by atoms with E-state index in [0.29, 0.717) is 0 Å². The number of nitrogens with zero attached hydrogens (tertiary/aromatic N) is 2. The van der Waals surface area contributed by atoms with E-state index in [9.17, 15) is 0 Å². The van der Waals surface area contributed by atoms with Crippen LogP contribution in [0.5, 0.6) is 0 Å². The van der Waals surface area contributed by atoms with Gasteiger partial charge in [0.2, 0.25) is 11.2 Å². The third-order valence-corrected chi connectivity index (χ3v) is 4.88. The Labute approximate surface area is 155 Å². The molecule has 1 heterocycles. The van der Waals surface area contributed by atoms with Gasteiger partial charge >= 0.3 is 0 Å². The molecular formula is C22H24ClN2+. The van der Waals surface area contributed by atoms with Crippen molar-refractivity contribution in [2.75, 3.05) is 18.0 Å². The van der Waals surface area contributed by atoms with Crippen molar-refractivity contribution in [3.05, 3.63) is 70.9 Å². The minimum absolute atomic E-state index is 0.760. The lowest BCUT2D eigenvalue weighted by Gasteiger charge is -2.20. The second kappa shape index (κ2) is 7.71. The summed E-state index contributed by atoms with van der Waals surface area (Å²) >= 11 is 6.14. The van der Waals surface area contributed by atoms with E-state index in [2.05, 4.69) is 85.0 Å². The van der Waals surface area contributed by atoms with Crippen LogP contribution in [0.4, 0.5) is 5.69 Å². The molecule has 0 saturated carbocycles. The summed E-state index contributed by atoms with van der Waals surface area (Å²) in [6.45, 7) is 6.43. The molecule has 3 heteroatoms. The zero-order valence-corrected chi connectivity index (χ0v) is 15.8. The number of benzene rings is 2. The summed E-state index contributed by atoms with van der Waals surface area (Å²) in [7, 11) is 2.07. The molecular weight excluding hydrogens is 328 g/mol. The molecule has 0 saturated heterocycles. The molecule has 0 fully saturated rings. The minimum atomic E-state index is 0.760. The van der Waals surface area contributed by atoms with Crippen LogP contribution < -0.4 is 9.47 Å². The number of aromatic nitrogens is 1. The third kappa shape index (κ3) is 3.85. The highest BCUT2D eigenvalue weighted by Gasteiger charge is 2.09. The lowest BCUT2D eigenvalue weighted by atomic mass is 10.1. The van der Waals surface area contributed by atoms with E-state index in [1.54, 1.807) is 0 Å². The Morgan fingerprint density at radius 1 is 0.920 bits per heavy atom. The van der Waals surface area contributed by atoms with Gasteiger partial charge in [0, 0.05) is 47.4 Å². The molecule has 2 aromatic carbocycles. The highest BCUT2D eigenvalue weighted by molar-refractivity contribution is 6.31. The highest BCUT2D eigenvalue weighted by atomic mass is 35.5. The Morgan fingerprint density at radius 2 is 1.60 bits per heavy atom. The molecule has 3 rings (SSSR count). The predicted molar refractivity (Wildman–Crippen MR) is 109 cm³/mol. The van der Waals surface area contributed by atoms with Crippen molar-refractivity contribution >= 4 is 40.3 Å². The normalized spacial score (nSPS) is 11.4. The largest absolute Gasteiger partial charge is 0.372 e. The molecule has 25 heavy (non-hydrogen) atoms. The maximum absolute atomic E-state index is 6.14. The molecule has 0 aliphatic heterocycles. The number of hydrogen-bond donors (Lipinski definition) is 0. The molecule has 0 amide bonds. The number of fused-ring (bicyclic) bond motifs is 1. The zero-order chi connectivity index (χ0) is 17.8. The van der Waals surface area contributed by atoms with Crippen LogP contribution in [0.1, 0.15) is 25.1 Å². The fourth-order valence-corrected chi connectivity index (χ4v) is 3.27. The smallest absolute Gasteiger partial charge is 0.214 e. The third-order valence-electron chi connectivity index (χ3n) is 4.64. The number of anilines is 1. The summed E-state index contributed by atoms with van der Waals surface area (Å²) in [5, 5.41) is 1.95. The second-order valence-corrected chi connectivity index (χ2v) is 6.55. The van der Waals surface area contributed by atoms with Gasteiger partial charge in [-0.05, 0) is 55.8 Å². The van der Waals surface area contributed by atoms with E-state index in [4.69, 9.17) is 11.6 Å². The fourth-order valence-electron chi connectivity index (χ4n) is 3.11. The van der Waals surface area contributed by atoms with Crippen molar-refractivity contribution in [3.8, 4) is 0 Å². The maximum Gasteiger partial charge on any atom is 0.214 e. The van der Waals surface area contributed by atoms with Crippen LogP contribution in [0.25, 0.3) is 23.1 Å². The SMILES string of the molecule is CCN(CC)c1ccc(/C=C/c2ccc3ccc(Cl)cc3[n+]2C)cc1. The molecule has 2 nitrogen and oxygen atoms in total. The zero-order valence-electron chi connectivity index (χ0n) is 15.0. The fraction of sp³-hybridized carbons (Fsp3) is 0.227. The molecule has 0 spiro atoms. The van der Waals surface area contributed by atoms with E-state index in [-0.39, 0.29) is 0 Å². The van der Waals surface area contributed by atoms with Gasteiger partial charge in [-0.1, -0.05) is 23.7 Å². The Hall–Kier alpha value is -2.32. The van der Waals surface area contributed by atoms with Crippen LogP contribution in [-0.2, 0) is 7.05 Å². The summed E-state index contributed by atoms with van der Waals surface area (Å²) in [6.07, 6.45) is 4.30. The van der Waals surface area contributed by atoms with E-state index >= 15 is 0 Å². The molecule has 0 bridgehead atoms. The first kappa shape index (κ1) is 17.5. The number of aryl methyl sites for hydroxylation is 1. The van der Waals surface area contributed by atoms with Crippen molar-refractivity contribution in [2.24, 2.45) is 7.05 Å². The van der Waals surface area contributed by atoms with Crippen molar-refractivity contribution in [1.29, 1.82) is 0 Å². The first-order chi connectivity index (χ1) is 12.1. The molecule has 0 N–H and O–H groups in total. The Morgan fingerprint density at radius 3 is 2.28 bits per heavy atom. The second-order valence-electron chi connectivity index (χ2n) is 6.12. The quantitative estimate of drug-likeness (QED) is 0.563. The van der Waals surface area contributed by atoms with Crippen molar-refractivity contribution < 1.29 is 4.57 Å². The first-order valence-electron chi connectivity index (χ1n) is 8.73. The van der Waals surface area contributed by atoms with E-state index in [1.165, 1.54) is 16.6 Å². The van der Waals surface area contributed by atoms with Crippen LogP contribution in [0, 0.1) is 0 Å². The Kier molecular flexibility index (Phi) is 5.40. The van der Waals surface area contributed by atoms with Crippen molar-refractivity contribution in [2.45, 2.75) is 13.8 Å². The van der Waals surface area contributed by atoms with Gasteiger partial charge in [0.1, 0.15) is 7.05 Å². The highest BCUT2D eigenvalue weighted by Crippen LogP contribution is 2.19. The number of rotatable bonds is 5. The minimum Gasteiger partial charge on any atom is -0.372 e. The van der Waals surface area contributed by atoms with Crippen LogP contribution in [0.2, 0.25) is 5.02 Å². The van der Waals surface area contributed by atoms with Gasteiger partial charge in [-0.15, -0.1) is 0 Å². The summed E-state index contributed by atoms with van der Waals surface area (Å²) < 4.78 is 2.17. The van der Waals surface area contributed by atoms with Gasteiger partial charge in [0.25, 0.3) is 0 Å². The van der Waals surface area contributed by atoms with Crippen LogP contribution >= 0.6 is 11.6 Å². The summed E-state index contributed by atoms with van der Waals surface area (Å²) in [4.78, 5) is 2.35. The molecule has 3 aromatic rings. The molecule has 0 aliphatic carbocycles. The topological polar surface area (TPSA) is 7.12 Å². The molecule has 0 atom stereocenters.